The van der Waals surface area contributed by atoms with Gasteiger partial charge in [-0.25, -0.2) is 4.39 Å². The van der Waals surface area contributed by atoms with Crippen LogP contribution >= 0.6 is 0 Å². The first kappa shape index (κ1) is 8.63. The highest BCUT2D eigenvalue weighted by atomic mass is 19.1. The Morgan fingerprint density at radius 3 is 2.69 bits per heavy atom. The fourth-order valence-corrected chi connectivity index (χ4v) is 1.53. The Morgan fingerprint density at radius 1 is 1.46 bits per heavy atom. The van der Waals surface area contributed by atoms with Crippen molar-refractivity contribution >= 4 is 0 Å². The Kier molecular flexibility index (Phi) is 2.04. The number of nitrogens with zero attached hydrogens (tertiary/aromatic N) is 1. The Morgan fingerprint density at radius 2 is 2.23 bits per heavy atom. The molecular weight excluding hydrogens is 167 g/mol. The third-order valence-electron chi connectivity index (χ3n) is 2.73. The fraction of sp³-hybridized carbons (Fsp3) is 0.500. The van der Waals surface area contributed by atoms with Crippen LogP contribution in [0.5, 0.6) is 0 Å². The van der Waals surface area contributed by atoms with Gasteiger partial charge in [0.15, 0.2) is 0 Å². The molecule has 1 aliphatic carbocycles. The second-order valence-corrected chi connectivity index (χ2v) is 3.85. The molecule has 70 valence electrons. The van der Waals surface area contributed by atoms with Gasteiger partial charge in [0.2, 0.25) is 0 Å². The zero-order valence-electron chi connectivity index (χ0n) is 7.46. The lowest BCUT2D eigenvalue weighted by atomic mass is 10.0. The van der Waals surface area contributed by atoms with Gasteiger partial charge in [0.1, 0.15) is 5.82 Å². The SMILES string of the molecule is NCC1(Cc2ccc(F)cn2)CC1. The maximum absolute atomic E-state index is 12.5. The summed E-state index contributed by atoms with van der Waals surface area (Å²) in [6.45, 7) is 0.714. The molecule has 0 radical (unpaired) electrons. The molecule has 0 saturated heterocycles. The number of rotatable bonds is 3. The fourth-order valence-electron chi connectivity index (χ4n) is 1.53. The Bertz CT molecular complexity index is 290. The second kappa shape index (κ2) is 3.07. The molecule has 0 aromatic carbocycles. The van der Waals surface area contributed by atoms with E-state index < -0.39 is 0 Å². The molecule has 1 aromatic heterocycles. The zero-order chi connectivity index (χ0) is 9.31. The minimum absolute atomic E-state index is 0.277. The standard InChI is InChI=1S/C10H13FN2/c11-8-1-2-9(13-6-8)5-10(7-12)3-4-10/h1-2,6H,3-5,7,12H2. The van der Waals surface area contributed by atoms with Crippen molar-refractivity contribution in [3.05, 3.63) is 29.8 Å². The summed E-state index contributed by atoms with van der Waals surface area (Å²) in [6.07, 6.45) is 4.52. The molecule has 0 aliphatic heterocycles. The van der Waals surface area contributed by atoms with E-state index in [4.69, 9.17) is 5.73 Å². The van der Waals surface area contributed by atoms with Crippen molar-refractivity contribution in [1.82, 2.24) is 4.98 Å². The topological polar surface area (TPSA) is 38.9 Å². The largest absolute Gasteiger partial charge is 0.330 e. The van der Waals surface area contributed by atoms with Gasteiger partial charge < -0.3 is 5.73 Å². The number of halogens is 1. The van der Waals surface area contributed by atoms with Crippen LogP contribution < -0.4 is 5.73 Å². The molecule has 3 heteroatoms. The van der Waals surface area contributed by atoms with Gasteiger partial charge >= 0.3 is 0 Å². The number of nitrogens with two attached hydrogens (primary N) is 1. The highest BCUT2D eigenvalue weighted by Crippen LogP contribution is 2.46. The van der Waals surface area contributed by atoms with Gasteiger partial charge in [0, 0.05) is 5.69 Å². The number of pyridine rings is 1. The summed E-state index contributed by atoms with van der Waals surface area (Å²) in [7, 11) is 0. The van der Waals surface area contributed by atoms with Crippen molar-refractivity contribution < 1.29 is 4.39 Å². The second-order valence-electron chi connectivity index (χ2n) is 3.85. The first-order valence-corrected chi connectivity index (χ1v) is 4.55. The summed E-state index contributed by atoms with van der Waals surface area (Å²) in [5.41, 5.74) is 6.88. The van der Waals surface area contributed by atoms with Crippen molar-refractivity contribution in [3.8, 4) is 0 Å². The van der Waals surface area contributed by atoms with Crippen molar-refractivity contribution in [1.29, 1.82) is 0 Å². The summed E-state index contributed by atoms with van der Waals surface area (Å²) < 4.78 is 12.5. The lowest BCUT2D eigenvalue weighted by Gasteiger charge is -2.10. The van der Waals surface area contributed by atoms with E-state index in [-0.39, 0.29) is 11.2 Å². The zero-order valence-corrected chi connectivity index (χ0v) is 7.46. The van der Waals surface area contributed by atoms with E-state index in [1.54, 1.807) is 6.07 Å². The molecule has 2 rings (SSSR count). The van der Waals surface area contributed by atoms with E-state index in [0.29, 0.717) is 6.54 Å². The molecule has 1 saturated carbocycles. The van der Waals surface area contributed by atoms with Gasteiger partial charge in [-0.1, -0.05) is 0 Å². The van der Waals surface area contributed by atoms with Gasteiger partial charge in [-0.3, -0.25) is 4.98 Å². The van der Waals surface area contributed by atoms with E-state index >= 15 is 0 Å². The number of hydrogen-bond acceptors (Lipinski definition) is 2. The molecule has 1 fully saturated rings. The normalized spacial score (nSPS) is 18.6. The van der Waals surface area contributed by atoms with Crippen molar-refractivity contribution in [2.75, 3.05) is 6.54 Å². The van der Waals surface area contributed by atoms with E-state index in [0.717, 1.165) is 12.1 Å². The lowest BCUT2D eigenvalue weighted by Crippen LogP contribution is -2.18. The van der Waals surface area contributed by atoms with Gasteiger partial charge in [0.05, 0.1) is 6.20 Å². The first-order valence-electron chi connectivity index (χ1n) is 4.55. The molecule has 0 amide bonds. The van der Waals surface area contributed by atoms with Crippen LogP contribution in [0.25, 0.3) is 0 Å². The quantitative estimate of drug-likeness (QED) is 0.765. The number of aromatic nitrogens is 1. The van der Waals surface area contributed by atoms with E-state index in [1.807, 2.05) is 0 Å². The maximum atomic E-state index is 12.5. The Labute approximate surface area is 77.0 Å². The molecule has 1 aromatic rings. The van der Waals surface area contributed by atoms with Crippen LogP contribution in [0.2, 0.25) is 0 Å². The summed E-state index contributed by atoms with van der Waals surface area (Å²) in [4.78, 5) is 4.02. The van der Waals surface area contributed by atoms with Crippen LogP contribution in [0.15, 0.2) is 18.3 Å². The summed E-state index contributed by atoms with van der Waals surface area (Å²) >= 11 is 0. The lowest BCUT2D eigenvalue weighted by molar-refractivity contribution is 0.512. The predicted molar refractivity (Wildman–Crippen MR) is 48.6 cm³/mol. The Balaban J connectivity index is 2.06. The van der Waals surface area contributed by atoms with Crippen LogP contribution in [-0.2, 0) is 6.42 Å². The van der Waals surface area contributed by atoms with Gasteiger partial charge in [-0.15, -0.1) is 0 Å². The molecule has 2 nitrogen and oxygen atoms in total. The highest BCUT2D eigenvalue weighted by molar-refractivity contribution is 5.11. The minimum Gasteiger partial charge on any atom is -0.330 e. The molecule has 1 aliphatic rings. The molecule has 13 heavy (non-hydrogen) atoms. The van der Waals surface area contributed by atoms with Crippen LogP contribution in [0, 0.1) is 11.2 Å². The van der Waals surface area contributed by atoms with Crippen LogP contribution in [0.3, 0.4) is 0 Å². The van der Waals surface area contributed by atoms with Crippen LogP contribution in [0.1, 0.15) is 18.5 Å². The minimum atomic E-state index is -0.277. The molecule has 0 unspecified atom stereocenters. The predicted octanol–water partition coefficient (Wildman–Crippen LogP) is 1.50. The smallest absolute Gasteiger partial charge is 0.141 e. The van der Waals surface area contributed by atoms with Gasteiger partial charge in [-0.2, -0.15) is 0 Å². The van der Waals surface area contributed by atoms with Crippen LogP contribution in [0.4, 0.5) is 4.39 Å². The third kappa shape index (κ3) is 1.86. The van der Waals surface area contributed by atoms with Crippen LogP contribution in [-0.4, -0.2) is 11.5 Å². The average molecular weight is 180 g/mol. The molecule has 2 N–H and O–H groups in total. The van der Waals surface area contributed by atoms with Crippen molar-refractivity contribution in [2.45, 2.75) is 19.3 Å². The van der Waals surface area contributed by atoms with Gasteiger partial charge in [-0.05, 0) is 43.4 Å². The van der Waals surface area contributed by atoms with Gasteiger partial charge in [0.25, 0.3) is 0 Å². The molecule has 0 atom stereocenters. The third-order valence-corrected chi connectivity index (χ3v) is 2.73. The monoisotopic (exact) mass is 180 g/mol. The maximum Gasteiger partial charge on any atom is 0.141 e. The van der Waals surface area contributed by atoms with Crippen molar-refractivity contribution in [3.63, 3.8) is 0 Å². The van der Waals surface area contributed by atoms with E-state index in [1.165, 1.54) is 25.1 Å². The average Bonchev–Trinajstić information content (AvgIpc) is 2.90. The molecule has 0 bridgehead atoms. The summed E-state index contributed by atoms with van der Waals surface area (Å²) in [6, 6.07) is 3.19. The van der Waals surface area contributed by atoms with E-state index in [9.17, 15) is 4.39 Å². The van der Waals surface area contributed by atoms with Crippen molar-refractivity contribution in [2.24, 2.45) is 11.1 Å². The molecule has 0 spiro atoms. The molecular formula is C10H13FN2. The van der Waals surface area contributed by atoms with E-state index in [2.05, 4.69) is 4.98 Å². The first-order chi connectivity index (χ1) is 6.24. The Hall–Kier alpha value is -0.960. The summed E-state index contributed by atoms with van der Waals surface area (Å²) in [5.74, 6) is -0.277. The molecule has 1 heterocycles. The highest BCUT2D eigenvalue weighted by Gasteiger charge is 2.41. The summed E-state index contributed by atoms with van der Waals surface area (Å²) in [5, 5.41) is 0. The number of hydrogen-bond donors (Lipinski definition) is 1.